The van der Waals surface area contributed by atoms with Crippen LogP contribution in [-0.2, 0) is 16.0 Å². The Hall–Kier alpha value is -1.50. The van der Waals surface area contributed by atoms with Gasteiger partial charge in [0, 0.05) is 6.20 Å². The van der Waals surface area contributed by atoms with Gasteiger partial charge in [0.05, 0.1) is 11.6 Å². The van der Waals surface area contributed by atoms with E-state index in [0.717, 1.165) is 5.56 Å². The van der Waals surface area contributed by atoms with Crippen molar-refractivity contribution in [3.8, 4) is 0 Å². The molecule has 0 spiro atoms. The Kier molecular flexibility index (Phi) is 4.37. The molecule has 1 unspecified atom stereocenters. The Morgan fingerprint density at radius 1 is 1.50 bits per heavy atom. The van der Waals surface area contributed by atoms with Crippen molar-refractivity contribution < 1.29 is 27.1 Å². The number of Topliss-reactive ketones (excluding diaryl/α,β-unsaturated/α-hetero) is 1. The minimum Gasteiger partial charge on any atom is -0.367 e. The van der Waals surface area contributed by atoms with E-state index in [1.54, 1.807) is 12.3 Å². The average Bonchev–Trinajstić information content (AvgIpc) is 2.82. The first kappa shape index (κ1) is 14.9. The van der Waals surface area contributed by atoms with E-state index in [1.165, 1.54) is 0 Å². The summed E-state index contributed by atoms with van der Waals surface area (Å²) >= 11 is 0. The fourth-order valence-electron chi connectivity index (χ4n) is 2.18. The number of ketones is 1. The topological polar surface area (TPSA) is 39.2 Å². The lowest BCUT2D eigenvalue weighted by Crippen LogP contribution is -2.33. The van der Waals surface area contributed by atoms with Gasteiger partial charge in [-0.05, 0) is 24.5 Å². The van der Waals surface area contributed by atoms with Crippen molar-refractivity contribution in [2.24, 2.45) is 0 Å². The van der Waals surface area contributed by atoms with Crippen molar-refractivity contribution in [2.75, 3.05) is 13.2 Å². The largest absolute Gasteiger partial charge is 0.367 e. The molecule has 1 aliphatic rings. The maximum absolute atomic E-state index is 12.6. The molecule has 3 nitrogen and oxygen atoms in total. The zero-order valence-electron chi connectivity index (χ0n) is 10.5. The summed E-state index contributed by atoms with van der Waals surface area (Å²) in [6.45, 7) is -2.07. The molecule has 110 valence electrons. The maximum atomic E-state index is 12.6. The molecule has 0 aliphatic heterocycles. The highest BCUT2D eigenvalue weighted by atomic mass is 19.3. The molecular formula is C13H13F4NO2. The lowest BCUT2D eigenvalue weighted by atomic mass is 10.0. The number of aryl methyl sites for hydroxylation is 1. The predicted molar refractivity (Wildman–Crippen MR) is 62.1 cm³/mol. The number of carbonyl (C=O) groups excluding carboxylic acids is 1. The summed E-state index contributed by atoms with van der Waals surface area (Å²) in [7, 11) is 0. The van der Waals surface area contributed by atoms with E-state index in [0.29, 0.717) is 18.5 Å². The number of ether oxygens (including phenoxy) is 1. The maximum Gasteiger partial charge on any atom is 0.330 e. The molecule has 1 aromatic rings. The van der Waals surface area contributed by atoms with Gasteiger partial charge in [-0.1, -0.05) is 6.07 Å². The van der Waals surface area contributed by atoms with E-state index in [1.807, 2.05) is 6.07 Å². The number of carbonyl (C=O) groups is 1. The second-order valence-corrected chi connectivity index (χ2v) is 4.66. The van der Waals surface area contributed by atoms with Gasteiger partial charge in [0.1, 0.15) is 13.2 Å². The summed E-state index contributed by atoms with van der Waals surface area (Å²) in [5.41, 5.74) is 1.57. The number of hydrogen-bond donors (Lipinski definition) is 0. The quantitative estimate of drug-likeness (QED) is 0.756. The van der Waals surface area contributed by atoms with Gasteiger partial charge < -0.3 is 4.74 Å². The molecule has 1 atom stereocenters. The third-order valence-corrected chi connectivity index (χ3v) is 3.21. The average molecular weight is 291 g/mol. The van der Waals surface area contributed by atoms with Crippen LogP contribution < -0.4 is 0 Å². The number of nitrogens with zero attached hydrogens (tertiary/aromatic N) is 1. The molecule has 0 N–H and O–H groups in total. The van der Waals surface area contributed by atoms with Gasteiger partial charge in [-0.25, -0.2) is 8.78 Å². The van der Waals surface area contributed by atoms with E-state index in [4.69, 9.17) is 0 Å². The van der Waals surface area contributed by atoms with Crippen LogP contribution in [0.4, 0.5) is 17.6 Å². The lowest BCUT2D eigenvalue weighted by molar-refractivity contribution is -0.168. The Bertz CT molecular complexity index is 493. The van der Waals surface area contributed by atoms with Crippen LogP contribution in [0.25, 0.3) is 0 Å². The number of hydrogen-bond acceptors (Lipinski definition) is 3. The summed E-state index contributed by atoms with van der Waals surface area (Å²) in [6.07, 6.45) is -1.02. The highest BCUT2D eigenvalue weighted by Gasteiger charge is 2.41. The van der Waals surface area contributed by atoms with Gasteiger partial charge in [0.15, 0.2) is 5.78 Å². The first-order valence-corrected chi connectivity index (χ1v) is 6.12. The number of aromatic nitrogens is 1. The highest BCUT2D eigenvalue weighted by Crippen LogP contribution is 2.32. The van der Waals surface area contributed by atoms with Gasteiger partial charge >= 0.3 is 12.3 Å². The molecule has 0 saturated carbocycles. The van der Waals surface area contributed by atoms with Crippen molar-refractivity contribution in [3.05, 3.63) is 29.6 Å². The number of alkyl halides is 4. The van der Waals surface area contributed by atoms with Crippen molar-refractivity contribution in [2.45, 2.75) is 31.1 Å². The molecule has 20 heavy (non-hydrogen) atoms. The summed E-state index contributed by atoms with van der Waals surface area (Å²) < 4.78 is 53.5. The molecular weight excluding hydrogens is 278 g/mol. The predicted octanol–water partition coefficient (Wildman–Crippen LogP) is 2.60. The van der Waals surface area contributed by atoms with E-state index in [9.17, 15) is 22.4 Å². The van der Waals surface area contributed by atoms with Crippen LogP contribution >= 0.6 is 0 Å². The molecule has 2 rings (SSSR count). The van der Waals surface area contributed by atoms with Crippen LogP contribution in [0.2, 0.25) is 0 Å². The van der Waals surface area contributed by atoms with Crippen LogP contribution in [0.5, 0.6) is 0 Å². The molecule has 0 bridgehead atoms. The lowest BCUT2D eigenvalue weighted by Gasteiger charge is -2.16. The third kappa shape index (κ3) is 3.15. The van der Waals surface area contributed by atoms with Crippen molar-refractivity contribution in [1.29, 1.82) is 0 Å². The molecule has 1 aliphatic carbocycles. The molecule has 0 amide bonds. The SMILES string of the molecule is O=C(COCC(F)(F)C(F)F)C1CCc2cccnc21. The minimum atomic E-state index is -4.23. The standard InChI is InChI=1S/C13H13F4NO2/c14-12(15)13(16,17)7-20-6-10(19)9-4-3-8-2-1-5-18-11(8)9/h1-2,5,9,12H,3-4,6-7H2. The van der Waals surface area contributed by atoms with Gasteiger partial charge in [0.25, 0.3) is 0 Å². The summed E-state index contributed by atoms with van der Waals surface area (Å²) in [5, 5.41) is 0. The molecule has 0 radical (unpaired) electrons. The molecule has 0 fully saturated rings. The fourth-order valence-corrected chi connectivity index (χ4v) is 2.18. The van der Waals surface area contributed by atoms with Crippen LogP contribution in [-0.4, -0.2) is 36.3 Å². The summed E-state index contributed by atoms with van der Waals surface area (Å²) in [4.78, 5) is 16.0. The van der Waals surface area contributed by atoms with Gasteiger partial charge in [-0.3, -0.25) is 9.78 Å². The number of halogens is 4. The normalized spacial score (nSPS) is 18.4. The third-order valence-electron chi connectivity index (χ3n) is 3.21. The van der Waals surface area contributed by atoms with Crippen molar-refractivity contribution >= 4 is 5.78 Å². The fraction of sp³-hybridized carbons (Fsp3) is 0.538. The highest BCUT2D eigenvalue weighted by molar-refractivity contribution is 5.87. The second-order valence-electron chi connectivity index (χ2n) is 4.66. The van der Waals surface area contributed by atoms with Crippen molar-refractivity contribution in [3.63, 3.8) is 0 Å². The van der Waals surface area contributed by atoms with Crippen LogP contribution in [0.1, 0.15) is 23.6 Å². The van der Waals surface area contributed by atoms with E-state index in [-0.39, 0.29) is 0 Å². The first-order chi connectivity index (χ1) is 9.42. The zero-order valence-corrected chi connectivity index (χ0v) is 10.5. The number of pyridine rings is 1. The van der Waals surface area contributed by atoms with Crippen LogP contribution in [0, 0.1) is 0 Å². The van der Waals surface area contributed by atoms with Crippen LogP contribution in [0.3, 0.4) is 0 Å². The molecule has 0 saturated heterocycles. The second kappa shape index (κ2) is 5.87. The minimum absolute atomic E-state index is 0.410. The Balaban J connectivity index is 1.88. The molecule has 1 aromatic heterocycles. The molecule has 7 heteroatoms. The van der Waals surface area contributed by atoms with Gasteiger partial charge in [-0.2, -0.15) is 8.78 Å². The van der Waals surface area contributed by atoms with Gasteiger partial charge in [-0.15, -0.1) is 0 Å². The number of rotatable bonds is 6. The Morgan fingerprint density at radius 3 is 2.95 bits per heavy atom. The first-order valence-electron chi connectivity index (χ1n) is 6.12. The number of fused-ring (bicyclic) bond motifs is 1. The van der Waals surface area contributed by atoms with E-state index in [2.05, 4.69) is 9.72 Å². The monoisotopic (exact) mass is 291 g/mol. The van der Waals surface area contributed by atoms with Crippen molar-refractivity contribution in [1.82, 2.24) is 4.98 Å². The van der Waals surface area contributed by atoms with E-state index >= 15 is 0 Å². The van der Waals surface area contributed by atoms with E-state index < -0.39 is 37.3 Å². The molecule has 1 heterocycles. The summed E-state index contributed by atoms with van der Waals surface area (Å²) in [6, 6.07) is 3.60. The van der Waals surface area contributed by atoms with Crippen LogP contribution in [0.15, 0.2) is 18.3 Å². The van der Waals surface area contributed by atoms with Gasteiger partial charge in [0.2, 0.25) is 0 Å². The summed E-state index contributed by atoms with van der Waals surface area (Å²) in [5.74, 6) is -5.13. The zero-order chi connectivity index (χ0) is 14.8. The molecule has 0 aromatic carbocycles. The smallest absolute Gasteiger partial charge is 0.330 e. The Morgan fingerprint density at radius 2 is 2.25 bits per heavy atom. The Labute approximate surface area is 113 Å².